The lowest BCUT2D eigenvalue weighted by molar-refractivity contribution is -0.138. The van der Waals surface area contributed by atoms with E-state index >= 15 is 0 Å². The van der Waals surface area contributed by atoms with Crippen molar-refractivity contribution in [1.82, 2.24) is 10.2 Å². The average molecular weight is 310 g/mol. The van der Waals surface area contributed by atoms with Gasteiger partial charge in [0.15, 0.2) is 0 Å². The fourth-order valence-electron chi connectivity index (χ4n) is 2.47. The number of thioether (sulfide) groups is 1. The molecule has 1 aliphatic heterocycles. The number of nitrogens with zero attached hydrogens (tertiary/aromatic N) is 1. The van der Waals surface area contributed by atoms with Crippen LogP contribution in [-0.4, -0.2) is 35.1 Å². The Morgan fingerprint density at radius 1 is 1.48 bits per heavy atom. The van der Waals surface area contributed by atoms with Gasteiger partial charge in [0.05, 0.1) is 12.5 Å². The second-order valence-electron chi connectivity index (χ2n) is 5.18. The molecular formula is C15H22N2O3S. The summed E-state index contributed by atoms with van der Waals surface area (Å²) in [5.74, 6) is 0.481. The van der Waals surface area contributed by atoms with Crippen LogP contribution in [0.2, 0.25) is 0 Å². The summed E-state index contributed by atoms with van der Waals surface area (Å²) in [5, 5.41) is 2.81. The van der Waals surface area contributed by atoms with E-state index in [0.717, 1.165) is 24.8 Å². The zero-order chi connectivity index (χ0) is 15.2. The SMILES string of the molecule is CCCCCNC(=O)C1CSC(c2ccoc2)N1C(C)=O. The summed E-state index contributed by atoms with van der Waals surface area (Å²) < 4.78 is 5.09. The van der Waals surface area contributed by atoms with E-state index in [9.17, 15) is 9.59 Å². The van der Waals surface area contributed by atoms with Crippen molar-refractivity contribution in [2.45, 2.75) is 44.5 Å². The summed E-state index contributed by atoms with van der Waals surface area (Å²) in [4.78, 5) is 25.9. The summed E-state index contributed by atoms with van der Waals surface area (Å²) in [6.07, 6.45) is 6.43. The first-order chi connectivity index (χ1) is 10.1. The predicted octanol–water partition coefficient (Wildman–Crippen LogP) is 2.55. The van der Waals surface area contributed by atoms with Crippen molar-refractivity contribution >= 4 is 23.6 Å². The number of hydrogen-bond acceptors (Lipinski definition) is 4. The van der Waals surface area contributed by atoms with Gasteiger partial charge in [0.1, 0.15) is 11.4 Å². The third-order valence-electron chi connectivity index (χ3n) is 3.57. The van der Waals surface area contributed by atoms with Gasteiger partial charge in [0.25, 0.3) is 0 Å². The first kappa shape index (κ1) is 15.9. The van der Waals surface area contributed by atoms with E-state index in [1.165, 1.54) is 6.92 Å². The molecule has 0 saturated carbocycles. The maximum Gasteiger partial charge on any atom is 0.243 e. The van der Waals surface area contributed by atoms with Gasteiger partial charge >= 0.3 is 0 Å². The minimum Gasteiger partial charge on any atom is -0.472 e. The van der Waals surface area contributed by atoms with Gasteiger partial charge < -0.3 is 14.6 Å². The smallest absolute Gasteiger partial charge is 0.243 e. The van der Waals surface area contributed by atoms with E-state index in [1.54, 1.807) is 29.2 Å². The Balaban J connectivity index is 1.99. The second kappa shape index (κ2) is 7.54. The topological polar surface area (TPSA) is 62.6 Å². The van der Waals surface area contributed by atoms with Crippen LogP contribution in [0.15, 0.2) is 23.0 Å². The molecule has 2 amide bonds. The quantitative estimate of drug-likeness (QED) is 0.820. The van der Waals surface area contributed by atoms with Gasteiger partial charge in [-0.1, -0.05) is 19.8 Å². The van der Waals surface area contributed by atoms with Gasteiger partial charge in [-0.05, 0) is 12.5 Å². The summed E-state index contributed by atoms with van der Waals surface area (Å²) in [7, 11) is 0. The van der Waals surface area contributed by atoms with Gasteiger partial charge in [-0.15, -0.1) is 11.8 Å². The monoisotopic (exact) mass is 310 g/mol. The minimum absolute atomic E-state index is 0.0557. The van der Waals surface area contributed by atoms with Crippen molar-refractivity contribution < 1.29 is 14.0 Å². The van der Waals surface area contributed by atoms with Gasteiger partial charge in [-0.2, -0.15) is 0 Å². The number of furan rings is 1. The molecule has 2 atom stereocenters. The molecule has 1 fully saturated rings. The summed E-state index contributed by atoms with van der Waals surface area (Å²) in [6.45, 7) is 4.31. The number of carbonyl (C=O) groups excluding carboxylic acids is 2. The molecule has 0 spiro atoms. The van der Waals surface area contributed by atoms with Gasteiger partial charge in [-0.3, -0.25) is 9.59 Å². The molecule has 5 nitrogen and oxygen atoms in total. The summed E-state index contributed by atoms with van der Waals surface area (Å²) in [5.41, 5.74) is 0.927. The fraction of sp³-hybridized carbons (Fsp3) is 0.600. The lowest BCUT2D eigenvalue weighted by Crippen LogP contribution is -2.47. The Kier molecular flexibility index (Phi) is 5.73. The molecule has 1 aromatic heterocycles. The molecule has 1 aliphatic rings. The number of nitrogens with one attached hydrogen (secondary N) is 1. The Bertz CT molecular complexity index is 475. The van der Waals surface area contributed by atoms with Crippen LogP contribution in [0, 0.1) is 0 Å². The van der Waals surface area contributed by atoms with E-state index in [4.69, 9.17) is 4.42 Å². The van der Waals surface area contributed by atoms with Gasteiger partial charge in [0, 0.05) is 24.8 Å². The fourth-order valence-corrected chi connectivity index (χ4v) is 3.93. The molecule has 116 valence electrons. The third kappa shape index (κ3) is 3.81. The molecule has 2 heterocycles. The Morgan fingerprint density at radius 3 is 2.90 bits per heavy atom. The molecule has 2 rings (SSSR count). The second-order valence-corrected chi connectivity index (χ2v) is 6.30. The van der Waals surface area contributed by atoms with Crippen molar-refractivity contribution in [1.29, 1.82) is 0 Å². The number of rotatable bonds is 6. The van der Waals surface area contributed by atoms with E-state index in [0.29, 0.717) is 12.3 Å². The summed E-state index contributed by atoms with van der Waals surface area (Å²) >= 11 is 1.60. The third-order valence-corrected chi connectivity index (χ3v) is 4.90. The normalized spacial score (nSPS) is 21.5. The van der Waals surface area contributed by atoms with E-state index in [1.807, 2.05) is 6.07 Å². The van der Waals surface area contributed by atoms with Crippen molar-refractivity contribution in [2.24, 2.45) is 0 Å². The first-order valence-electron chi connectivity index (χ1n) is 7.35. The molecule has 1 aromatic rings. The lowest BCUT2D eigenvalue weighted by Gasteiger charge is -2.27. The molecule has 0 radical (unpaired) electrons. The number of hydrogen-bond donors (Lipinski definition) is 1. The van der Waals surface area contributed by atoms with Crippen molar-refractivity contribution in [3.8, 4) is 0 Å². The van der Waals surface area contributed by atoms with E-state index in [-0.39, 0.29) is 17.2 Å². The number of amides is 2. The van der Waals surface area contributed by atoms with Crippen LogP contribution in [0.1, 0.15) is 44.0 Å². The average Bonchev–Trinajstić information content (AvgIpc) is 3.10. The first-order valence-corrected chi connectivity index (χ1v) is 8.40. The van der Waals surface area contributed by atoms with Gasteiger partial charge in [-0.25, -0.2) is 0 Å². The molecule has 21 heavy (non-hydrogen) atoms. The lowest BCUT2D eigenvalue weighted by atomic mass is 10.2. The van der Waals surface area contributed by atoms with Crippen LogP contribution in [0.3, 0.4) is 0 Å². The number of carbonyl (C=O) groups is 2. The van der Waals surface area contributed by atoms with Gasteiger partial charge in [0.2, 0.25) is 11.8 Å². The zero-order valence-corrected chi connectivity index (χ0v) is 13.3. The van der Waals surface area contributed by atoms with Crippen LogP contribution in [0.4, 0.5) is 0 Å². The van der Waals surface area contributed by atoms with Crippen molar-refractivity contribution in [3.63, 3.8) is 0 Å². The van der Waals surface area contributed by atoms with Crippen LogP contribution in [0.5, 0.6) is 0 Å². The molecule has 1 N–H and O–H groups in total. The standard InChI is InChI=1S/C15H22N2O3S/c1-3-4-5-7-16-14(19)13-10-21-15(17(13)11(2)18)12-6-8-20-9-12/h6,8-9,13,15H,3-5,7,10H2,1-2H3,(H,16,19). The number of unbranched alkanes of at least 4 members (excludes halogenated alkanes) is 2. The maximum absolute atomic E-state index is 12.3. The maximum atomic E-state index is 12.3. The molecule has 2 unspecified atom stereocenters. The molecule has 0 bridgehead atoms. The highest BCUT2D eigenvalue weighted by molar-refractivity contribution is 7.99. The van der Waals surface area contributed by atoms with Crippen LogP contribution >= 0.6 is 11.8 Å². The molecule has 0 aliphatic carbocycles. The molecule has 1 saturated heterocycles. The van der Waals surface area contributed by atoms with E-state index < -0.39 is 6.04 Å². The highest BCUT2D eigenvalue weighted by atomic mass is 32.2. The zero-order valence-electron chi connectivity index (χ0n) is 12.5. The summed E-state index contributed by atoms with van der Waals surface area (Å²) in [6, 6.07) is 1.45. The van der Waals surface area contributed by atoms with E-state index in [2.05, 4.69) is 12.2 Å². The van der Waals surface area contributed by atoms with Crippen molar-refractivity contribution in [3.05, 3.63) is 24.2 Å². The van der Waals surface area contributed by atoms with Crippen molar-refractivity contribution in [2.75, 3.05) is 12.3 Å². The largest absolute Gasteiger partial charge is 0.472 e. The molecule has 6 heteroatoms. The minimum atomic E-state index is -0.394. The predicted molar refractivity (Wildman–Crippen MR) is 82.7 cm³/mol. The van der Waals surface area contributed by atoms with Crippen LogP contribution in [-0.2, 0) is 9.59 Å². The molecular weight excluding hydrogens is 288 g/mol. The molecule has 0 aromatic carbocycles. The Labute approximate surface area is 129 Å². The Morgan fingerprint density at radius 2 is 2.29 bits per heavy atom. The highest BCUT2D eigenvalue weighted by Gasteiger charge is 2.41. The van der Waals surface area contributed by atoms with Crippen LogP contribution in [0.25, 0.3) is 0 Å². The van der Waals surface area contributed by atoms with Crippen LogP contribution < -0.4 is 5.32 Å². The highest BCUT2D eigenvalue weighted by Crippen LogP contribution is 2.41. The Hall–Kier alpha value is -1.43.